The fourth-order valence-corrected chi connectivity index (χ4v) is 4.41. The van der Waals surface area contributed by atoms with Crippen molar-refractivity contribution in [2.75, 3.05) is 19.6 Å². The van der Waals surface area contributed by atoms with Crippen molar-refractivity contribution in [2.24, 2.45) is 17.8 Å². The Morgan fingerprint density at radius 3 is 2.35 bits per heavy atom. The van der Waals surface area contributed by atoms with E-state index in [4.69, 9.17) is 9.31 Å². The molecule has 3 saturated carbocycles. The fourth-order valence-electron chi connectivity index (χ4n) is 4.41. The zero-order chi connectivity index (χ0) is 17.9. The number of hydrogen-bond acceptors (Lipinski definition) is 5. The highest BCUT2D eigenvalue weighted by molar-refractivity contribution is 6.55. The van der Waals surface area contributed by atoms with Crippen LogP contribution in [-0.2, 0) is 18.9 Å². The van der Waals surface area contributed by atoms with Crippen molar-refractivity contribution in [1.29, 1.82) is 0 Å². The molecule has 1 aromatic carbocycles. The Kier molecular flexibility index (Phi) is 5.11. The van der Waals surface area contributed by atoms with Crippen LogP contribution in [0.1, 0.15) is 31.2 Å². The van der Waals surface area contributed by atoms with E-state index in [-0.39, 0.29) is 25.0 Å². The molecule has 0 spiro atoms. The molecule has 4 fully saturated rings. The van der Waals surface area contributed by atoms with Crippen molar-refractivity contribution < 1.29 is 18.9 Å². The smallest absolute Gasteiger partial charge is 0.495 e. The Bertz CT molecular complexity index is 664. The molecule has 1 unspecified atom stereocenters. The maximum absolute atomic E-state index is 12.2. The van der Waals surface area contributed by atoms with Crippen LogP contribution in [0.2, 0.25) is 0 Å². The van der Waals surface area contributed by atoms with Crippen molar-refractivity contribution >= 4 is 25.1 Å². The van der Waals surface area contributed by atoms with Crippen LogP contribution in [0.4, 0.5) is 0 Å². The van der Waals surface area contributed by atoms with E-state index < -0.39 is 7.12 Å². The number of benzene rings is 1. The third-order valence-electron chi connectivity index (χ3n) is 5.82. The molecule has 3 aliphatic carbocycles. The van der Waals surface area contributed by atoms with Crippen LogP contribution in [0.3, 0.4) is 0 Å². The quantitative estimate of drug-likeness (QED) is 0.779. The van der Waals surface area contributed by atoms with Gasteiger partial charge in [-0.1, -0.05) is 42.8 Å². The van der Waals surface area contributed by atoms with Crippen molar-refractivity contribution in [3.63, 3.8) is 0 Å². The molecule has 5 nitrogen and oxygen atoms in total. The number of carbonyl (C=O) groups excluding carboxylic acids is 2. The molecule has 26 heavy (non-hydrogen) atoms. The second-order valence-electron chi connectivity index (χ2n) is 7.72. The number of rotatable bonds is 4. The van der Waals surface area contributed by atoms with Crippen LogP contribution >= 0.6 is 0 Å². The van der Waals surface area contributed by atoms with Crippen molar-refractivity contribution in [3.8, 4) is 0 Å². The third kappa shape index (κ3) is 4.18. The largest absolute Gasteiger partial charge is 0.628 e. The summed E-state index contributed by atoms with van der Waals surface area (Å²) in [6.45, 7) is 1.08. The highest BCUT2D eigenvalue weighted by Gasteiger charge is 2.41. The summed E-state index contributed by atoms with van der Waals surface area (Å²) >= 11 is 0. The summed E-state index contributed by atoms with van der Waals surface area (Å²) in [6, 6.07) is 9.63. The molecule has 1 heterocycles. The van der Waals surface area contributed by atoms with Crippen LogP contribution in [-0.4, -0.2) is 43.6 Å². The molecule has 4 aliphatic rings. The van der Waals surface area contributed by atoms with E-state index in [1.807, 2.05) is 35.2 Å². The van der Waals surface area contributed by atoms with Gasteiger partial charge in [-0.25, -0.2) is 0 Å². The maximum Gasteiger partial charge on any atom is 0.628 e. The van der Waals surface area contributed by atoms with Gasteiger partial charge in [0.05, 0.1) is 13.1 Å². The van der Waals surface area contributed by atoms with Crippen LogP contribution in [0.5, 0.6) is 0 Å². The highest BCUT2D eigenvalue weighted by atomic mass is 16.6. The molecule has 0 N–H and O–H groups in total. The minimum atomic E-state index is -0.959. The van der Waals surface area contributed by atoms with Gasteiger partial charge in [-0.05, 0) is 48.6 Å². The molecular weight excluding hydrogens is 329 g/mol. The van der Waals surface area contributed by atoms with Crippen molar-refractivity contribution in [2.45, 2.75) is 25.7 Å². The standard InChI is InChI=1S/C20H24BNO4/c23-19-13-22(12-17-7-6-16-10-18(17)11-16)14-20(24)26-21(25-19)9-8-15-4-2-1-3-5-15/h1-5,8-9,16-18H,6-7,10-14H2/b9-8+. The molecule has 0 aromatic heterocycles. The first kappa shape index (κ1) is 17.3. The van der Waals surface area contributed by atoms with Gasteiger partial charge in [0, 0.05) is 6.54 Å². The molecule has 2 bridgehead atoms. The summed E-state index contributed by atoms with van der Waals surface area (Å²) in [7, 11) is -0.959. The van der Waals surface area contributed by atoms with E-state index >= 15 is 0 Å². The maximum atomic E-state index is 12.2. The normalized spacial score (nSPS) is 29.5. The molecule has 1 atom stereocenters. The molecule has 1 aliphatic heterocycles. The van der Waals surface area contributed by atoms with E-state index in [0.29, 0.717) is 5.92 Å². The number of nitrogens with zero attached hydrogens (tertiary/aromatic N) is 1. The van der Waals surface area contributed by atoms with E-state index in [9.17, 15) is 9.59 Å². The predicted molar refractivity (Wildman–Crippen MR) is 98.8 cm³/mol. The van der Waals surface area contributed by atoms with Gasteiger partial charge < -0.3 is 9.31 Å². The van der Waals surface area contributed by atoms with E-state index in [1.165, 1.54) is 25.7 Å². The Balaban J connectivity index is 1.35. The second kappa shape index (κ2) is 7.66. The summed E-state index contributed by atoms with van der Waals surface area (Å²) in [5.41, 5.74) is 0.958. The Labute approximate surface area is 154 Å². The van der Waals surface area contributed by atoms with Gasteiger partial charge in [0.25, 0.3) is 0 Å². The van der Waals surface area contributed by atoms with Gasteiger partial charge in [-0.3, -0.25) is 14.5 Å². The summed E-state index contributed by atoms with van der Waals surface area (Å²) in [4.78, 5) is 26.3. The van der Waals surface area contributed by atoms with E-state index in [1.54, 1.807) is 12.1 Å². The van der Waals surface area contributed by atoms with Gasteiger partial charge in [0.1, 0.15) is 0 Å². The third-order valence-corrected chi connectivity index (χ3v) is 5.82. The van der Waals surface area contributed by atoms with E-state index in [0.717, 1.165) is 23.9 Å². The van der Waals surface area contributed by atoms with Crippen molar-refractivity contribution in [1.82, 2.24) is 4.90 Å². The van der Waals surface area contributed by atoms with Crippen LogP contribution in [0, 0.1) is 17.8 Å². The second-order valence-corrected chi connectivity index (χ2v) is 7.72. The Hall–Kier alpha value is -2.08. The predicted octanol–water partition coefficient (Wildman–Crippen LogP) is 2.57. The van der Waals surface area contributed by atoms with Crippen molar-refractivity contribution in [3.05, 3.63) is 41.9 Å². The topological polar surface area (TPSA) is 55.8 Å². The first-order valence-corrected chi connectivity index (χ1v) is 9.50. The lowest BCUT2D eigenvalue weighted by Gasteiger charge is -2.48. The summed E-state index contributed by atoms with van der Waals surface area (Å²) in [5.74, 6) is 3.21. The van der Waals surface area contributed by atoms with Gasteiger partial charge in [-0.15, -0.1) is 0 Å². The molecule has 0 amide bonds. The van der Waals surface area contributed by atoms with Crippen LogP contribution in [0.15, 0.2) is 36.3 Å². The highest BCUT2D eigenvalue weighted by Crippen LogP contribution is 2.49. The molecular formula is C20H24BNO4. The lowest BCUT2D eigenvalue weighted by molar-refractivity contribution is -0.146. The minimum Gasteiger partial charge on any atom is -0.495 e. The first-order valence-electron chi connectivity index (χ1n) is 9.50. The zero-order valence-corrected chi connectivity index (χ0v) is 14.9. The Morgan fingerprint density at radius 2 is 1.73 bits per heavy atom. The van der Waals surface area contributed by atoms with Gasteiger partial charge in [0.15, 0.2) is 0 Å². The van der Waals surface area contributed by atoms with Crippen LogP contribution in [0.25, 0.3) is 6.08 Å². The lowest BCUT2D eigenvalue weighted by Crippen LogP contribution is -2.48. The molecule has 1 saturated heterocycles. The zero-order valence-electron chi connectivity index (χ0n) is 14.9. The fraction of sp³-hybridized carbons (Fsp3) is 0.500. The molecule has 5 rings (SSSR count). The summed E-state index contributed by atoms with van der Waals surface area (Å²) in [5, 5.41) is 0. The number of carbonyl (C=O) groups is 2. The van der Waals surface area contributed by atoms with Gasteiger partial charge >= 0.3 is 19.1 Å². The van der Waals surface area contributed by atoms with Gasteiger partial charge in [0.2, 0.25) is 0 Å². The molecule has 1 aromatic rings. The lowest BCUT2D eigenvalue weighted by atomic mass is 9.60. The average molecular weight is 353 g/mol. The molecule has 136 valence electrons. The van der Waals surface area contributed by atoms with Gasteiger partial charge in [-0.2, -0.15) is 0 Å². The number of hydrogen-bond donors (Lipinski definition) is 0. The summed E-state index contributed by atoms with van der Waals surface area (Å²) < 4.78 is 10.7. The number of fused-ring (bicyclic) bond motifs is 2. The first-order chi connectivity index (χ1) is 12.7. The Morgan fingerprint density at radius 1 is 1.04 bits per heavy atom. The monoisotopic (exact) mass is 353 g/mol. The minimum absolute atomic E-state index is 0.150. The summed E-state index contributed by atoms with van der Waals surface area (Å²) in [6.07, 6.45) is 6.92. The average Bonchev–Trinajstić information content (AvgIpc) is 2.58. The molecule has 6 heteroatoms. The molecule has 0 radical (unpaired) electrons. The van der Waals surface area contributed by atoms with E-state index in [2.05, 4.69) is 0 Å². The SMILES string of the molecule is O=C1CN(CC2CCC3CC2C3)CC(=O)OB(/C=C/c2ccccc2)O1. The van der Waals surface area contributed by atoms with Crippen LogP contribution < -0.4 is 0 Å².